The first-order chi connectivity index (χ1) is 8.49. The predicted molar refractivity (Wildman–Crippen MR) is 66.1 cm³/mol. The van der Waals surface area contributed by atoms with Crippen molar-refractivity contribution in [3.63, 3.8) is 0 Å². The average Bonchev–Trinajstić information content (AvgIpc) is 2.32. The molecule has 18 heavy (non-hydrogen) atoms. The van der Waals surface area contributed by atoms with E-state index in [1.165, 1.54) is 13.0 Å². The summed E-state index contributed by atoms with van der Waals surface area (Å²) in [6.07, 6.45) is 0. The van der Waals surface area contributed by atoms with E-state index in [2.05, 4.69) is 0 Å². The van der Waals surface area contributed by atoms with E-state index in [1.54, 1.807) is 0 Å². The maximum atomic E-state index is 13.4. The van der Waals surface area contributed by atoms with Crippen molar-refractivity contribution in [2.45, 2.75) is 20.4 Å². The van der Waals surface area contributed by atoms with Gasteiger partial charge in [0.15, 0.2) is 5.78 Å². The number of likely N-dealkylation sites (N-methyl/N-ethyl adjacent to an activating group) is 1. The molecule has 0 aromatic heterocycles. The number of aromatic hydroxyl groups is 1. The molecule has 0 saturated carbocycles. The van der Waals surface area contributed by atoms with Crippen molar-refractivity contribution in [3.05, 3.63) is 29.1 Å². The summed E-state index contributed by atoms with van der Waals surface area (Å²) in [4.78, 5) is 13.1. The highest BCUT2D eigenvalue weighted by Crippen LogP contribution is 2.25. The summed E-state index contributed by atoms with van der Waals surface area (Å²) >= 11 is 0. The molecule has 0 fully saturated rings. The molecule has 0 saturated heterocycles. The monoisotopic (exact) mass is 255 g/mol. The van der Waals surface area contributed by atoms with Crippen molar-refractivity contribution in [1.29, 1.82) is 0 Å². The summed E-state index contributed by atoms with van der Waals surface area (Å²) in [6, 6.07) is 2.24. The third kappa shape index (κ3) is 3.51. The predicted octanol–water partition coefficient (Wildman–Crippen LogP) is 1.55. The Labute approximate surface area is 106 Å². The lowest BCUT2D eigenvalue weighted by atomic mass is 10.0. The number of aliphatic hydroxyl groups is 1. The number of phenolic OH excluding ortho intramolecular Hbond substituents is 1. The summed E-state index contributed by atoms with van der Waals surface area (Å²) in [6.45, 7) is 4.56. The van der Waals surface area contributed by atoms with E-state index in [-0.39, 0.29) is 23.7 Å². The molecule has 5 heteroatoms. The summed E-state index contributed by atoms with van der Waals surface area (Å²) in [7, 11) is 0. The number of hydrogen-bond acceptors (Lipinski definition) is 4. The molecule has 2 N–H and O–H groups in total. The number of rotatable bonds is 6. The molecule has 0 radical (unpaired) electrons. The highest BCUT2D eigenvalue weighted by molar-refractivity contribution is 5.97. The van der Waals surface area contributed by atoms with Gasteiger partial charge in [-0.05, 0) is 25.6 Å². The van der Waals surface area contributed by atoms with E-state index < -0.39 is 5.82 Å². The van der Waals surface area contributed by atoms with Crippen LogP contribution in [0.3, 0.4) is 0 Å². The van der Waals surface area contributed by atoms with Crippen molar-refractivity contribution in [1.82, 2.24) is 4.90 Å². The smallest absolute Gasteiger partial charge is 0.163 e. The third-order valence-corrected chi connectivity index (χ3v) is 2.79. The minimum Gasteiger partial charge on any atom is -0.507 e. The fourth-order valence-electron chi connectivity index (χ4n) is 1.78. The van der Waals surface area contributed by atoms with Crippen molar-refractivity contribution >= 4 is 5.78 Å². The quantitative estimate of drug-likeness (QED) is 0.757. The highest BCUT2D eigenvalue weighted by atomic mass is 19.1. The molecule has 0 unspecified atom stereocenters. The molecular formula is C13H18FNO3. The Balaban J connectivity index is 3.04. The number of aliphatic hydroxyl groups excluding tert-OH is 1. The van der Waals surface area contributed by atoms with Gasteiger partial charge in [0.05, 0.1) is 12.2 Å². The minimum atomic E-state index is -0.548. The number of benzene rings is 1. The van der Waals surface area contributed by atoms with Crippen LogP contribution in [0.4, 0.5) is 4.39 Å². The number of nitrogens with zero attached hydrogens (tertiary/aromatic N) is 1. The Morgan fingerprint density at radius 1 is 1.44 bits per heavy atom. The Morgan fingerprint density at radius 2 is 2.11 bits per heavy atom. The Morgan fingerprint density at radius 3 is 2.61 bits per heavy atom. The van der Waals surface area contributed by atoms with E-state index in [0.717, 1.165) is 6.07 Å². The first-order valence-corrected chi connectivity index (χ1v) is 5.85. The number of carbonyl (C=O) groups is 1. The fourth-order valence-corrected chi connectivity index (χ4v) is 1.78. The van der Waals surface area contributed by atoms with E-state index in [4.69, 9.17) is 5.11 Å². The van der Waals surface area contributed by atoms with Gasteiger partial charge in [0.1, 0.15) is 11.6 Å². The van der Waals surface area contributed by atoms with Gasteiger partial charge in [-0.1, -0.05) is 6.92 Å². The lowest BCUT2D eigenvalue weighted by Gasteiger charge is -2.20. The number of phenols is 1. The third-order valence-electron chi connectivity index (χ3n) is 2.79. The Hall–Kier alpha value is -1.46. The van der Waals surface area contributed by atoms with Crippen LogP contribution >= 0.6 is 0 Å². The van der Waals surface area contributed by atoms with Crippen molar-refractivity contribution in [2.75, 3.05) is 19.7 Å². The molecule has 0 aliphatic rings. The standard InChI is InChI=1S/C13H18FNO3/c1-3-15(4-5-16)8-10-6-11(14)7-12(9(2)17)13(10)18/h6-7,16,18H,3-5,8H2,1-2H3. The zero-order valence-corrected chi connectivity index (χ0v) is 10.6. The molecule has 4 nitrogen and oxygen atoms in total. The molecular weight excluding hydrogens is 237 g/mol. The summed E-state index contributed by atoms with van der Waals surface area (Å²) in [5.41, 5.74) is 0.348. The van der Waals surface area contributed by atoms with Gasteiger partial charge in [0.25, 0.3) is 0 Å². The first kappa shape index (κ1) is 14.6. The summed E-state index contributed by atoms with van der Waals surface area (Å²) in [5.74, 6) is -1.10. The number of carbonyl (C=O) groups excluding carboxylic acids is 1. The van der Waals surface area contributed by atoms with Crippen LogP contribution in [0.25, 0.3) is 0 Å². The molecule has 1 rings (SSSR count). The highest BCUT2D eigenvalue weighted by Gasteiger charge is 2.15. The lowest BCUT2D eigenvalue weighted by molar-refractivity contribution is 0.101. The van der Waals surface area contributed by atoms with Crippen LogP contribution in [0.1, 0.15) is 29.8 Å². The average molecular weight is 255 g/mol. The lowest BCUT2D eigenvalue weighted by Crippen LogP contribution is -2.26. The topological polar surface area (TPSA) is 60.8 Å². The minimum absolute atomic E-state index is 0.00921. The maximum absolute atomic E-state index is 13.4. The van der Waals surface area contributed by atoms with Gasteiger partial charge in [-0.2, -0.15) is 0 Å². The van der Waals surface area contributed by atoms with E-state index in [0.29, 0.717) is 25.2 Å². The van der Waals surface area contributed by atoms with Gasteiger partial charge in [0.2, 0.25) is 0 Å². The fraction of sp³-hybridized carbons (Fsp3) is 0.462. The second-order valence-electron chi connectivity index (χ2n) is 4.11. The second kappa shape index (κ2) is 6.47. The number of ketones is 1. The van der Waals surface area contributed by atoms with Gasteiger partial charge in [0, 0.05) is 18.7 Å². The molecule has 0 aliphatic heterocycles. The number of Topliss-reactive ketones (excluding diaryl/α,β-unsaturated/α-hetero) is 1. The second-order valence-corrected chi connectivity index (χ2v) is 4.11. The summed E-state index contributed by atoms with van der Waals surface area (Å²) < 4.78 is 13.4. The molecule has 100 valence electrons. The molecule has 1 aromatic rings. The molecule has 0 atom stereocenters. The number of halogens is 1. The molecule has 0 spiro atoms. The molecule has 0 heterocycles. The normalized spacial score (nSPS) is 10.9. The van der Waals surface area contributed by atoms with Crippen LogP contribution in [0.15, 0.2) is 12.1 Å². The van der Waals surface area contributed by atoms with Crippen LogP contribution in [0.5, 0.6) is 5.75 Å². The van der Waals surface area contributed by atoms with Crippen LogP contribution in [0.2, 0.25) is 0 Å². The van der Waals surface area contributed by atoms with Crippen molar-refractivity contribution in [3.8, 4) is 5.75 Å². The van der Waals surface area contributed by atoms with Crippen molar-refractivity contribution < 1.29 is 19.4 Å². The van der Waals surface area contributed by atoms with Gasteiger partial charge in [-0.15, -0.1) is 0 Å². The van der Waals surface area contributed by atoms with E-state index >= 15 is 0 Å². The van der Waals surface area contributed by atoms with Gasteiger partial charge < -0.3 is 10.2 Å². The van der Waals surface area contributed by atoms with Crippen LogP contribution in [-0.4, -0.2) is 40.6 Å². The Bertz CT molecular complexity index is 434. The molecule has 0 bridgehead atoms. The Kier molecular flexibility index (Phi) is 5.25. The van der Waals surface area contributed by atoms with Gasteiger partial charge >= 0.3 is 0 Å². The van der Waals surface area contributed by atoms with Crippen LogP contribution < -0.4 is 0 Å². The largest absolute Gasteiger partial charge is 0.507 e. The van der Waals surface area contributed by atoms with Crippen LogP contribution in [-0.2, 0) is 6.54 Å². The van der Waals surface area contributed by atoms with E-state index in [9.17, 15) is 14.3 Å². The zero-order valence-electron chi connectivity index (χ0n) is 10.6. The van der Waals surface area contributed by atoms with Gasteiger partial charge in [-0.3, -0.25) is 9.69 Å². The van der Waals surface area contributed by atoms with Gasteiger partial charge in [-0.25, -0.2) is 4.39 Å². The first-order valence-electron chi connectivity index (χ1n) is 5.85. The maximum Gasteiger partial charge on any atom is 0.163 e. The molecule has 0 amide bonds. The molecule has 1 aromatic carbocycles. The zero-order chi connectivity index (χ0) is 13.7. The number of hydrogen-bond donors (Lipinski definition) is 2. The van der Waals surface area contributed by atoms with Crippen molar-refractivity contribution in [2.24, 2.45) is 0 Å². The summed E-state index contributed by atoms with van der Waals surface area (Å²) in [5, 5.41) is 18.8. The molecule has 0 aliphatic carbocycles. The van der Waals surface area contributed by atoms with Crippen LogP contribution in [0, 0.1) is 5.82 Å². The van der Waals surface area contributed by atoms with E-state index in [1.807, 2.05) is 11.8 Å². The SMILES string of the molecule is CCN(CCO)Cc1cc(F)cc(C(C)=O)c1O.